The number of oxazole rings is 1. The Bertz CT molecular complexity index is 1020. The molecule has 1 heterocycles. The van der Waals surface area contributed by atoms with E-state index in [0.717, 1.165) is 23.4 Å². The molecule has 8 nitrogen and oxygen atoms in total. The van der Waals surface area contributed by atoms with Gasteiger partial charge in [-0.05, 0) is 43.7 Å². The Morgan fingerprint density at radius 3 is 2.58 bits per heavy atom. The molecular formula is C24H30IN5O3. The van der Waals surface area contributed by atoms with Gasteiger partial charge in [-0.3, -0.25) is 4.79 Å². The van der Waals surface area contributed by atoms with Crippen molar-refractivity contribution in [1.82, 2.24) is 20.9 Å². The van der Waals surface area contributed by atoms with Crippen LogP contribution in [0.2, 0.25) is 0 Å². The lowest BCUT2D eigenvalue weighted by atomic mass is 10.2. The lowest BCUT2D eigenvalue weighted by molar-refractivity contribution is -0.122. The highest BCUT2D eigenvalue weighted by atomic mass is 127. The Morgan fingerprint density at radius 1 is 1.03 bits per heavy atom. The van der Waals surface area contributed by atoms with Crippen LogP contribution in [0.25, 0.3) is 11.5 Å². The van der Waals surface area contributed by atoms with Crippen molar-refractivity contribution in [3.05, 3.63) is 72.1 Å². The molecule has 0 radical (unpaired) electrons. The molecule has 3 N–H and O–H groups in total. The standard InChI is InChI=1S/C24H29N5O3.HI/c1-3-25-22(30)17-31-21-12-8-9-18(13-21)14-27-24(26-4-2)28-15-20-16-32-23(29-20)19-10-6-5-7-11-19;/h5-13,16H,3-4,14-15,17H2,1-2H3,(H,25,30)(H2,26,27,28);1H. The molecule has 0 aliphatic rings. The van der Waals surface area contributed by atoms with E-state index in [2.05, 4.69) is 25.9 Å². The number of ether oxygens (including phenoxy) is 1. The third-order valence-corrected chi connectivity index (χ3v) is 4.42. The average molecular weight is 563 g/mol. The first-order valence-corrected chi connectivity index (χ1v) is 10.7. The SMILES string of the molecule is CCNC(=O)COc1cccc(CN=C(NCC)NCc2coc(-c3ccccc3)n2)c1.I. The zero-order valence-corrected chi connectivity index (χ0v) is 21.2. The molecule has 0 bridgehead atoms. The van der Waals surface area contributed by atoms with Crippen LogP contribution in [0.3, 0.4) is 0 Å². The largest absolute Gasteiger partial charge is 0.484 e. The predicted molar refractivity (Wildman–Crippen MR) is 140 cm³/mol. The van der Waals surface area contributed by atoms with E-state index < -0.39 is 0 Å². The number of nitrogens with zero attached hydrogens (tertiary/aromatic N) is 2. The van der Waals surface area contributed by atoms with E-state index in [4.69, 9.17) is 9.15 Å². The van der Waals surface area contributed by atoms with Gasteiger partial charge in [0.2, 0.25) is 5.89 Å². The van der Waals surface area contributed by atoms with E-state index in [1.54, 1.807) is 6.26 Å². The second-order valence-corrected chi connectivity index (χ2v) is 6.95. The number of nitrogens with one attached hydrogen (secondary N) is 3. The summed E-state index contributed by atoms with van der Waals surface area (Å²) in [4.78, 5) is 20.7. The highest BCUT2D eigenvalue weighted by molar-refractivity contribution is 14.0. The number of benzene rings is 2. The number of aromatic nitrogens is 1. The first kappa shape index (κ1) is 26.2. The normalized spacial score (nSPS) is 10.8. The molecule has 0 saturated carbocycles. The summed E-state index contributed by atoms with van der Waals surface area (Å²) in [6.45, 7) is 6.13. The first-order chi connectivity index (χ1) is 15.7. The van der Waals surface area contributed by atoms with Gasteiger partial charge in [-0.15, -0.1) is 24.0 Å². The smallest absolute Gasteiger partial charge is 0.257 e. The molecule has 176 valence electrons. The zero-order valence-electron chi connectivity index (χ0n) is 18.8. The van der Waals surface area contributed by atoms with Crippen molar-refractivity contribution in [1.29, 1.82) is 0 Å². The van der Waals surface area contributed by atoms with Gasteiger partial charge in [0.25, 0.3) is 5.91 Å². The Balaban J connectivity index is 0.00000385. The first-order valence-electron chi connectivity index (χ1n) is 10.7. The number of carbonyl (C=O) groups is 1. The number of rotatable bonds is 10. The molecule has 3 rings (SSSR count). The van der Waals surface area contributed by atoms with Crippen LogP contribution in [-0.2, 0) is 17.9 Å². The minimum Gasteiger partial charge on any atom is -0.484 e. The number of amides is 1. The van der Waals surface area contributed by atoms with Crippen molar-refractivity contribution in [2.75, 3.05) is 19.7 Å². The number of guanidine groups is 1. The molecule has 3 aromatic rings. The van der Waals surface area contributed by atoms with Crippen molar-refractivity contribution < 1.29 is 13.9 Å². The van der Waals surface area contributed by atoms with E-state index in [0.29, 0.717) is 37.2 Å². The summed E-state index contributed by atoms with van der Waals surface area (Å²) in [7, 11) is 0. The number of carbonyl (C=O) groups excluding carboxylic acids is 1. The second kappa shape index (κ2) is 14.1. The van der Waals surface area contributed by atoms with Crippen LogP contribution in [0.4, 0.5) is 0 Å². The van der Waals surface area contributed by atoms with Crippen LogP contribution in [0.1, 0.15) is 25.1 Å². The van der Waals surface area contributed by atoms with Gasteiger partial charge in [-0.2, -0.15) is 0 Å². The van der Waals surface area contributed by atoms with Crippen LogP contribution in [-0.4, -0.2) is 36.5 Å². The van der Waals surface area contributed by atoms with Crippen LogP contribution >= 0.6 is 24.0 Å². The lowest BCUT2D eigenvalue weighted by Gasteiger charge is -2.10. The third-order valence-electron chi connectivity index (χ3n) is 4.42. The quantitative estimate of drug-likeness (QED) is 0.198. The molecule has 9 heteroatoms. The van der Waals surface area contributed by atoms with Gasteiger partial charge in [0.15, 0.2) is 12.6 Å². The van der Waals surface area contributed by atoms with Crippen LogP contribution in [0, 0.1) is 0 Å². The van der Waals surface area contributed by atoms with Crippen molar-refractivity contribution in [3.63, 3.8) is 0 Å². The highest BCUT2D eigenvalue weighted by Crippen LogP contribution is 2.18. The number of halogens is 1. The second-order valence-electron chi connectivity index (χ2n) is 6.95. The fraction of sp³-hybridized carbons (Fsp3) is 0.292. The average Bonchev–Trinajstić information content (AvgIpc) is 3.30. The van der Waals surface area contributed by atoms with E-state index in [9.17, 15) is 4.79 Å². The molecule has 2 aromatic carbocycles. The molecule has 0 fully saturated rings. The number of hydrogen-bond donors (Lipinski definition) is 3. The Labute approximate surface area is 211 Å². The predicted octanol–water partition coefficient (Wildman–Crippen LogP) is 3.73. The monoisotopic (exact) mass is 563 g/mol. The van der Waals surface area contributed by atoms with E-state index in [1.165, 1.54) is 0 Å². The Hall–Kier alpha value is -3.08. The van der Waals surface area contributed by atoms with Crippen LogP contribution < -0.4 is 20.7 Å². The summed E-state index contributed by atoms with van der Waals surface area (Å²) >= 11 is 0. The van der Waals surface area contributed by atoms with Crippen LogP contribution in [0.5, 0.6) is 5.75 Å². The molecule has 1 aromatic heterocycles. The summed E-state index contributed by atoms with van der Waals surface area (Å²) < 4.78 is 11.1. The summed E-state index contributed by atoms with van der Waals surface area (Å²) in [5.41, 5.74) is 2.70. The minimum atomic E-state index is -0.141. The van der Waals surface area contributed by atoms with E-state index >= 15 is 0 Å². The van der Waals surface area contributed by atoms with E-state index in [1.807, 2.05) is 68.4 Å². The summed E-state index contributed by atoms with van der Waals surface area (Å²) in [5, 5.41) is 9.21. The Kier molecular flexibility index (Phi) is 11.2. The van der Waals surface area contributed by atoms with Gasteiger partial charge in [0.1, 0.15) is 12.0 Å². The topological polar surface area (TPSA) is 101 Å². The van der Waals surface area contributed by atoms with Crippen molar-refractivity contribution in [2.45, 2.75) is 26.9 Å². The van der Waals surface area contributed by atoms with Gasteiger partial charge >= 0.3 is 0 Å². The Morgan fingerprint density at radius 2 is 1.82 bits per heavy atom. The maximum Gasteiger partial charge on any atom is 0.257 e. The maximum absolute atomic E-state index is 11.6. The molecule has 33 heavy (non-hydrogen) atoms. The lowest BCUT2D eigenvalue weighted by Crippen LogP contribution is -2.36. The number of likely N-dealkylation sites (N-methyl/N-ethyl adjacent to an activating group) is 1. The number of hydrogen-bond acceptors (Lipinski definition) is 5. The molecular weight excluding hydrogens is 533 g/mol. The molecule has 0 atom stereocenters. The van der Waals surface area contributed by atoms with Gasteiger partial charge in [0, 0.05) is 18.7 Å². The van der Waals surface area contributed by atoms with Crippen molar-refractivity contribution in [2.24, 2.45) is 4.99 Å². The molecule has 0 spiro atoms. The highest BCUT2D eigenvalue weighted by Gasteiger charge is 2.07. The zero-order chi connectivity index (χ0) is 22.6. The van der Waals surface area contributed by atoms with E-state index in [-0.39, 0.29) is 36.5 Å². The maximum atomic E-state index is 11.6. The fourth-order valence-electron chi connectivity index (χ4n) is 2.92. The molecule has 1 amide bonds. The van der Waals surface area contributed by atoms with Crippen LogP contribution in [0.15, 0.2) is 70.3 Å². The summed E-state index contributed by atoms with van der Waals surface area (Å²) in [6, 6.07) is 17.3. The van der Waals surface area contributed by atoms with Gasteiger partial charge in [-0.1, -0.05) is 30.3 Å². The summed E-state index contributed by atoms with van der Waals surface area (Å²) in [6.07, 6.45) is 1.65. The molecule has 0 saturated heterocycles. The van der Waals surface area contributed by atoms with Crippen molar-refractivity contribution in [3.8, 4) is 17.2 Å². The third kappa shape index (κ3) is 8.76. The fourth-order valence-corrected chi connectivity index (χ4v) is 2.92. The van der Waals surface area contributed by atoms with Crippen molar-refractivity contribution >= 4 is 35.8 Å². The minimum absolute atomic E-state index is 0. The molecule has 0 unspecified atom stereocenters. The number of aliphatic imine (C=N–C) groups is 1. The molecule has 0 aliphatic heterocycles. The molecule has 0 aliphatic carbocycles. The van der Waals surface area contributed by atoms with Gasteiger partial charge < -0.3 is 25.1 Å². The van der Waals surface area contributed by atoms with Gasteiger partial charge in [-0.25, -0.2) is 9.98 Å². The van der Waals surface area contributed by atoms with Gasteiger partial charge in [0.05, 0.1) is 18.8 Å². The summed E-state index contributed by atoms with van der Waals surface area (Å²) in [5.74, 6) is 1.76.